The fraction of sp³-hybridized carbons (Fsp3) is 1.00. The molecule has 1 saturated carbocycles. The molecule has 2 aliphatic rings. The Morgan fingerprint density at radius 2 is 2.05 bits per heavy atom. The number of hydrogen-bond donors (Lipinski definition) is 1. The van der Waals surface area contributed by atoms with Crippen LogP contribution in [0.2, 0.25) is 0 Å². The molecule has 0 spiro atoms. The van der Waals surface area contributed by atoms with Crippen molar-refractivity contribution in [3.8, 4) is 0 Å². The zero-order valence-electron chi connectivity index (χ0n) is 12.1. The molecule has 2 rings (SSSR count). The summed E-state index contributed by atoms with van der Waals surface area (Å²) in [5.74, 6) is 0. The van der Waals surface area contributed by atoms with Crippen LogP contribution in [0, 0.1) is 0 Å². The van der Waals surface area contributed by atoms with Crippen LogP contribution in [0.4, 0.5) is 0 Å². The lowest BCUT2D eigenvalue weighted by Gasteiger charge is -2.28. The van der Waals surface area contributed by atoms with E-state index >= 15 is 0 Å². The lowest BCUT2D eigenvalue weighted by molar-refractivity contribution is 0.335. The zero-order chi connectivity index (χ0) is 13.9. The third-order valence-corrected chi connectivity index (χ3v) is 6.19. The van der Waals surface area contributed by atoms with Gasteiger partial charge in [-0.25, -0.2) is 0 Å². The largest absolute Gasteiger partial charge is 0.314 e. The highest BCUT2D eigenvalue weighted by Gasteiger charge is 2.35. The molecule has 19 heavy (non-hydrogen) atoms. The Kier molecular flexibility index (Phi) is 5.22. The summed E-state index contributed by atoms with van der Waals surface area (Å²) >= 11 is 0. The summed E-state index contributed by atoms with van der Waals surface area (Å²) in [5, 5.41) is 3.42. The van der Waals surface area contributed by atoms with Crippen molar-refractivity contribution in [2.45, 2.75) is 57.5 Å². The lowest BCUT2D eigenvalue weighted by Crippen LogP contribution is -2.44. The van der Waals surface area contributed by atoms with Gasteiger partial charge >= 0.3 is 0 Å². The van der Waals surface area contributed by atoms with E-state index in [4.69, 9.17) is 0 Å². The van der Waals surface area contributed by atoms with Crippen LogP contribution in [0.5, 0.6) is 0 Å². The first-order chi connectivity index (χ1) is 9.05. The second-order valence-corrected chi connectivity index (χ2v) is 7.71. The van der Waals surface area contributed by atoms with Gasteiger partial charge in [-0.15, -0.1) is 0 Å². The maximum atomic E-state index is 12.5. The van der Waals surface area contributed by atoms with Crippen molar-refractivity contribution >= 4 is 10.2 Å². The molecule has 0 aromatic rings. The fourth-order valence-corrected chi connectivity index (χ4v) is 4.42. The van der Waals surface area contributed by atoms with Crippen LogP contribution in [0.1, 0.15) is 45.4 Å². The predicted molar refractivity (Wildman–Crippen MR) is 77.2 cm³/mol. The lowest BCUT2D eigenvalue weighted by atomic mass is 10.2. The molecule has 1 aliphatic heterocycles. The molecule has 1 saturated heterocycles. The smallest absolute Gasteiger partial charge is 0.281 e. The molecule has 1 N–H and O–H groups in total. The van der Waals surface area contributed by atoms with Crippen molar-refractivity contribution < 1.29 is 8.42 Å². The average Bonchev–Trinajstić information content (AvgIpc) is 3.07. The van der Waals surface area contributed by atoms with Gasteiger partial charge in [-0.3, -0.25) is 0 Å². The van der Waals surface area contributed by atoms with Gasteiger partial charge in [-0.2, -0.15) is 17.0 Å². The van der Waals surface area contributed by atoms with Gasteiger partial charge in [-0.1, -0.05) is 6.92 Å². The highest BCUT2D eigenvalue weighted by Crippen LogP contribution is 2.24. The molecule has 1 heterocycles. The highest BCUT2D eigenvalue weighted by molar-refractivity contribution is 7.86. The number of nitrogens with zero attached hydrogens (tertiary/aromatic N) is 2. The van der Waals surface area contributed by atoms with Gasteiger partial charge in [-0.05, 0) is 45.1 Å². The van der Waals surface area contributed by atoms with E-state index in [-0.39, 0.29) is 6.04 Å². The zero-order valence-corrected chi connectivity index (χ0v) is 13.0. The van der Waals surface area contributed by atoms with Gasteiger partial charge in [0.05, 0.1) is 0 Å². The fourth-order valence-electron chi connectivity index (χ4n) is 2.71. The minimum absolute atomic E-state index is 0.206. The molecule has 1 unspecified atom stereocenters. The first-order valence-corrected chi connectivity index (χ1v) is 8.92. The van der Waals surface area contributed by atoms with E-state index in [1.165, 1.54) is 17.1 Å². The third-order valence-electron chi connectivity index (χ3n) is 4.14. The average molecular weight is 289 g/mol. The maximum absolute atomic E-state index is 12.5. The minimum atomic E-state index is -3.25. The molecular weight excluding hydrogens is 262 g/mol. The summed E-state index contributed by atoms with van der Waals surface area (Å²) in [4.78, 5) is 0. The van der Waals surface area contributed by atoms with Crippen LogP contribution in [0.3, 0.4) is 0 Å². The Balaban J connectivity index is 1.79. The van der Waals surface area contributed by atoms with Crippen molar-refractivity contribution in [1.82, 2.24) is 13.9 Å². The minimum Gasteiger partial charge on any atom is -0.314 e. The Labute approximate surface area is 117 Å². The van der Waals surface area contributed by atoms with Gasteiger partial charge in [0.1, 0.15) is 0 Å². The second kappa shape index (κ2) is 6.52. The van der Waals surface area contributed by atoms with Crippen LogP contribution < -0.4 is 5.32 Å². The Hall–Kier alpha value is -0.170. The molecule has 6 heteroatoms. The third kappa shape index (κ3) is 3.90. The van der Waals surface area contributed by atoms with Gasteiger partial charge in [0.15, 0.2) is 0 Å². The molecular formula is C13H27N3O2S. The van der Waals surface area contributed by atoms with Crippen LogP contribution >= 0.6 is 0 Å². The van der Waals surface area contributed by atoms with Crippen LogP contribution in [0.25, 0.3) is 0 Å². The maximum Gasteiger partial charge on any atom is 0.281 e. The summed E-state index contributed by atoms with van der Waals surface area (Å²) in [7, 11) is -1.54. The Morgan fingerprint density at radius 1 is 1.32 bits per heavy atom. The van der Waals surface area contributed by atoms with E-state index in [2.05, 4.69) is 12.2 Å². The molecule has 5 nitrogen and oxygen atoms in total. The molecule has 0 amide bonds. The van der Waals surface area contributed by atoms with Crippen molar-refractivity contribution in [2.75, 3.05) is 26.7 Å². The van der Waals surface area contributed by atoms with E-state index in [1.54, 1.807) is 11.4 Å². The van der Waals surface area contributed by atoms with Crippen molar-refractivity contribution in [3.05, 3.63) is 0 Å². The van der Waals surface area contributed by atoms with Gasteiger partial charge in [0.2, 0.25) is 0 Å². The van der Waals surface area contributed by atoms with E-state index in [0.717, 1.165) is 32.2 Å². The highest BCUT2D eigenvalue weighted by atomic mass is 32.2. The van der Waals surface area contributed by atoms with Crippen molar-refractivity contribution in [1.29, 1.82) is 0 Å². The SMILES string of the molecule is CCC1CCCN1S(=O)(=O)N(C)CCCNC1CC1. The standard InChI is InChI=1S/C13H27N3O2S/c1-3-13-6-4-11-16(13)19(17,18)15(2)10-5-9-14-12-7-8-12/h12-14H,3-11H2,1-2H3. The van der Waals surface area contributed by atoms with Crippen molar-refractivity contribution in [3.63, 3.8) is 0 Å². The van der Waals surface area contributed by atoms with Gasteiger partial charge < -0.3 is 5.32 Å². The first kappa shape index (κ1) is 15.2. The van der Waals surface area contributed by atoms with Crippen LogP contribution in [-0.4, -0.2) is 55.8 Å². The Morgan fingerprint density at radius 3 is 2.68 bits per heavy atom. The topological polar surface area (TPSA) is 52.7 Å². The molecule has 1 atom stereocenters. The van der Waals surface area contributed by atoms with E-state index in [9.17, 15) is 8.42 Å². The summed E-state index contributed by atoms with van der Waals surface area (Å²) in [6, 6.07) is 0.905. The van der Waals surface area contributed by atoms with E-state index < -0.39 is 10.2 Å². The molecule has 1 aliphatic carbocycles. The molecule has 0 aromatic heterocycles. The normalized spacial score (nSPS) is 25.3. The number of rotatable bonds is 8. The second-order valence-electron chi connectivity index (χ2n) is 5.73. The molecule has 2 fully saturated rings. The van der Waals surface area contributed by atoms with Crippen LogP contribution in [0.15, 0.2) is 0 Å². The van der Waals surface area contributed by atoms with Crippen molar-refractivity contribution in [2.24, 2.45) is 0 Å². The molecule has 0 aromatic carbocycles. The van der Waals surface area contributed by atoms with Gasteiger partial charge in [0, 0.05) is 32.2 Å². The summed E-state index contributed by atoms with van der Waals surface area (Å²) in [6.45, 7) is 4.28. The monoisotopic (exact) mass is 289 g/mol. The Bertz CT molecular complexity index is 381. The first-order valence-electron chi connectivity index (χ1n) is 7.52. The van der Waals surface area contributed by atoms with Crippen LogP contribution in [-0.2, 0) is 10.2 Å². The summed E-state index contributed by atoms with van der Waals surface area (Å²) < 4.78 is 28.2. The molecule has 0 bridgehead atoms. The summed E-state index contributed by atoms with van der Waals surface area (Å²) in [5.41, 5.74) is 0. The van der Waals surface area contributed by atoms with E-state index in [1.807, 2.05) is 0 Å². The quantitative estimate of drug-likeness (QED) is 0.683. The number of hydrogen-bond acceptors (Lipinski definition) is 3. The molecule has 112 valence electrons. The molecule has 0 radical (unpaired) electrons. The van der Waals surface area contributed by atoms with Gasteiger partial charge in [0.25, 0.3) is 10.2 Å². The summed E-state index contributed by atoms with van der Waals surface area (Å²) in [6.07, 6.45) is 6.36. The van der Waals surface area contributed by atoms with E-state index in [0.29, 0.717) is 19.1 Å². The number of nitrogens with one attached hydrogen (secondary N) is 1. The predicted octanol–water partition coefficient (Wildman–Crippen LogP) is 1.18.